The summed E-state index contributed by atoms with van der Waals surface area (Å²) in [4.78, 5) is 0.0616. The fraction of sp³-hybridized carbons (Fsp3) is 0. The Kier molecular flexibility index (Phi) is 3.74. The summed E-state index contributed by atoms with van der Waals surface area (Å²) in [5.41, 5.74) is 0.246. The Morgan fingerprint density at radius 3 is 2.11 bits per heavy atom. The Hall–Kier alpha value is -2.03. The monoisotopic (exact) mass is 292 g/mol. The first-order chi connectivity index (χ1) is 9.05. The number of hydrogen-bond donors (Lipinski definition) is 0. The van der Waals surface area contributed by atoms with Crippen molar-refractivity contribution in [3.63, 3.8) is 0 Å². The third kappa shape index (κ3) is 2.70. The van der Waals surface area contributed by atoms with Gasteiger partial charge in [-0.2, -0.15) is 18.0 Å². The summed E-state index contributed by atoms with van der Waals surface area (Å²) in [6.07, 6.45) is 1.68. The maximum Gasteiger partial charge on any atom is 0.276 e. The zero-order valence-corrected chi connectivity index (χ0v) is 11.3. The predicted octanol–water partition coefficient (Wildman–Crippen LogP) is 3.02. The Morgan fingerprint density at radius 1 is 1.00 bits per heavy atom. The van der Waals surface area contributed by atoms with Crippen LogP contribution in [0.3, 0.4) is 0 Å². The van der Waals surface area contributed by atoms with Gasteiger partial charge in [0.1, 0.15) is 0 Å². The molecule has 0 heterocycles. The molecule has 0 bridgehead atoms. The SMILES string of the molecule is N#CN(c1ccc(Cl)cc1)S(=O)(=O)c1ccccc1. The van der Waals surface area contributed by atoms with E-state index in [4.69, 9.17) is 16.9 Å². The fourth-order valence-electron chi connectivity index (χ4n) is 1.52. The summed E-state index contributed by atoms with van der Waals surface area (Å²) in [5, 5.41) is 9.58. The van der Waals surface area contributed by atoms with Crippen LogP contribution in [0.5, 0.6) is 0 Å². The minimum atomic E-state index is -3.89. The molecule has 19 heavy (non-hydrogen) atoms. The van der Waals surface area contributed by atoms with Gasteiger partial charge in [-0.3, -0.25) is 0 Å². The molecule has 0 aliphatic heterocycles. The van der Waals surface area contributed by atoms with Crippen LogP contribution >= 0.6 is 11.6 Å². The number of anilines is 1. The summed E-state index contributed by atoms with van der Waals surface area (Å²) in [7, 11) is -3.89. The number of benzene rings is 2. The van der Waals surface area contributed by atoms with E-state index >= 15 is 0 Å². The maximum absolute atomic E-state index is 12.3. The van der Waals surface area contributed by atoms with E-state index in [1.165, 1.54) is 36.4 Å². The van der Waals surface area contributed by atoms with Gasteiger partial charge in [0, 0.05) is 5.02 Å². The van der Waals surface area contributed by atoms with Crippen LogP contribution in [0.1, 0.15) is 0 Å². The van der Waals surface area contributed by atoms with E-state index in [0.717, 1.165) is 0 Å². The average molecular weight is 293 g/mol. The Bertz CT molecular complexity index is 707. The molecule has 2 aromatic carbocycles. The van der Waals surface area contributed by atoms with Gasteiger partial charge in [-0.05, 0) is 36.4 Å². The highest BCUT2D eigenvalue weighted by atomic mass is 35.5. The normalized spacial score (nSPS) is 10.7. The summed E-state index contributed by atoms with van der Waals surface area (Å²) in [6, 6.07) is 13.8. The minimum Gasteiger partial charge on any atom is -0.200 e. The van der Waals surface area contributed by atoms with Gasteiger partial charge in [-0.1, -0.05) is 29.8 Å². The van der Waals surface area contributed by atoms with Crippen LogP contribution in [0.15, 0.2) is 59.5 Å². The third-order valence-corrected chi connectivity index (χ3v) is 4.33. The molecule has 0 saturated carbocycles. The lowest BCUT2D eigenvalue weighted by Gasteiger charge is -2.15. The van der Waals surface area contributed by atoms with Crippen LogP contribution in [-0.2, 0) is 10.0 Å². The number of nitriles is 1. The number of hydrogen-bond acceptors (Lipinski definition) is 3. The molecule has 6 heteroatoms. The van der Waals surface area contributed by atoms with Crippen LogP contribution in [0.2, 0.25) is 5.02 Å². The van der Waals surface area contributed by atoms with Gasteiger partial charge in [0.15, 0.2) is 6.19 Å². The smallest absolute Gasteiger partial charge is 0.200 e. The molecule has 4 nitrogen and oxygen atoms in total. The van der Waals surface area contributed by atoms with E-state index in [2.05, 4.69) is 0 Å². The summed E-state index contributed by atoms with van der Waals surface area (Å²) in [6.45, 7) is 0. The largest absolute Gasteiger partial charge is 0.276 e. The lowest BCUT2D eigenvalue weighted by atomic mass is 10.3. The first-order valence-electron chi connectivity index (χ1n) is 5.31. The van der Waals surface area contributed by atoms with Crippen molar-refractivity contribution in [2.45, 2.75) is 4.90 Å². The zero-order valence-electron chi connectivity index (χ0n) is 9.69. The standard InChI is InChI=1S/C13H9ClN2O2S/c14-11-6-8-12(9-7-11)16(10-15)19(17,18)13-4-2-1-3-5-13/h1-9H. The van der Waals surface area contributed by atoms with Crippen LogP contribution in [0, 0.1) is 11.5 Å². The molecule has 2 rings (SSSR count). The van der Waals surface area contributed by atoms with Gasteiger partial charge in [0.05, 0.1) is 10.6 Å². The number of nitrogens with zero attached hydrogens (tertiary/aromatic N) is 2. The molecule has 96 valence electrons. The second kappa shape index (κ2) is 5.31. The molecule has 0 unspecified atom stereocenters. The molecule has 0 atom stereocenters. The zero-order chi connectivity index (χ0) is 13.9. The molecule has 0 saturated heterocycles. The van der Waals surface area contributed by atoms with Gasteiger partial charge in [0.25, 0.3) is 10.0 Å². The van der Waals surface area contributed by atoms with Crippen LogP contribution in [-0.4, -0.2) is 8.42 Å². The lowest BCUT2D eigenvalue weighted by molar-refractivity contribution is 0.596. The van der Waals surface area contributed by atoms with E-state index in [0.29, 0.717) is 9.33 Å². The van der Waals surface area contributed by atoms with E-state index in [-0.39, 0.29) is 10.6 Å². The number of halogens is 1. The number of sulfonamides is 1. The van der Waals surface area contributed by atoms with Crippen molar-refractivity contribution < 1.29 is 8.42 Å². The summed E-state index contributed by atoms with van der Waals surface area (Å²) >= 11 is 5.74. The Morgan fingerprint density at radius 2 is 1.58 bits per heavy atom. The summed E-state index contributed by atoms with van der Waals surface area (Å²) in [5.74, 6) is 0. The Balaban J connectivity index is 2.49. The maximum atomic E-state index is 12.3. The third-order valence-electron chi connectivity index (χ3n) is 2.43. The van der Waals surface area contributed by atoms with Crippen LogP contribution in [0.4, 0.5) is 5.69 Å². The molecule has 0 aromatic heterocycles. The molecule has 0 aliphatic carbocycles. The molecule has 0 amide bonds. The Labute approximate surface area is 116 Å². The quantitative estimate of drug-likeness (QED) is 0.645. The minimum absolute atomic E-state index is 0.0616. The van der Waals surface area contributed by atoms with E-state index < -0.39 is 10.0 Å². The van der Waals surface area contributed by atoms with Crippen molar-refractivity contribution in [2.75, 3.05) is 4.31 Å². The molecular weight excluding hydrogens is 284 g/mol. The van der Waals surface area contributed by atoms with E-state index in [1.54, 1.807) is 24.4 Å². The lowest BCUT2D eigenvalue weighted by Crippen LogP contribution is -2.25. The van der Waals surface area contributed by atoms with Crippen LogP contribution in [0.25, 0.3) is 0 Å². The van der Waals surface area contributed by atoms with Gasteiger partial charge in [-0.25, -0.2) is 0 Å². The first-order valence-corrected chi connectivity index (χ1v) is 7.13. The van der Waals surface area contributed by atoms with Crippen LogP contribution < -0.4 is 4.31 Å². The van der Waals surface area contributed by atoms with Crippen molar-refractivity contribution in [3.8, 4) is 6.19 Å². The topological polar surface area (TPSA) is 61.2 Å². The second-order valence-corrected chi connectivity index (χ2v) is 5.88. The fourth-order valence-corrected chi connectivity index (χ4v) is 2.87. The van der Waals surface area contributed by atoms with E-state index in [1.807, 2.05) is 0 Å². The number of rotatable bonds is 3. The van der Waals surface area contributed by atoms with Gasteiger partial charge < -0.3 is 0 Å². The molecule has 0 fully saturated rings. The molecular formula is C13H9ClN2O2S. The van der Waals surface area contributed by atoms with E-state index in [9.17, 15) is 8.42 Å². The van der Waals surface area contributed by atoms with Crippen molar-refractivity contribution in [3.05, 3.63) is 59.6 Å². The predicted molar refractivity (Wildman–Crippen MR) is 73.2 cm³/mol. The molecule has 0 radical (unpaired) electrons. The van der Waals surface area contributed by atoms with Gasteiger partial charge in [-0.15, -0.1) is 0 Å². The summed E-state index contributed by atoms with van der Waals surface area (Å²) < 4.78 is 25.3. The highest BCUT2D eigenvalue weighted by Crippen LogP contribution is 2.24. The van der Waals surface area contributed by atoms with Gasteiger partial charge in [0.2, 0.25) is 0 Å². The van der Waals surface area contributed by atoms with Crippen molar-refractivity contribution >= 4 is 27.3 Å². The molecule has 0 N–H and O–H groups in total. The van der Waals surface area contributed by atoms with Crippen molar-refractivity contribution in [1.29, 1.82) is 5.26 Å². The highest BCUT2D eigenvalue weighted by molar-refractivity contribution is 7.93. The highest BCUT2D eigenvalue weighted by Gasteiger charge is 2.24. The van der Waals surface area contributed by atoms with Crippen molar-refractivity contribution in [2.24, 2.45) is 0 Å². The van der Waals surface area contributed by atoms with Crippen molar-refractivity contribution in [1.82, 2.24) is 0 Å². The second-order valence-electron chi connectivity index (χ2n) is 3.66. The molecule has 0 spiro atoms. The molecule has 0 aliphatic rings. The first kappa shape index (κ1) is 13.4. The van der Waals surface area contributed by atoms with Gasteiger partial charge >= 0.3 is 0 Å². The molecule has 2 aromatic rings. The average Bonchev–Trinajstić information content (AvgIpc) is 2.42.